The van der Waals surface area contributed by atoms with Gasteiger partial charge in [0, 0.05) is 93.4 Å². The Hall–Kier alpha value is -3.59. The summed E-state index contributed by atoms with van der Waals surface area (Å²) >= 11 is 5.50. The van der Waals surface area contributed by atoms with Crippen LogP contribution in [0.4, 0.5) is 38.9 Å². The summed E-state index contributed by atoms with van der Waals surface area (Å²) in [6.45, 7) is 4.85. The van der Waals surface area contributed by atoms with E-state index in [1.165, 1.54) is 12.8 Å². The number of hydrogen-bond acceptors (Lipinski definition) is 11. The summed E-state index contributed by atoms with van der Waals surface area (Å²) in [5.74, 6) is 1.66. The summed E-state index contributed by atoms with van der Waals surface area (Å²) in [6, 6.07) is 12.2. The van der Waals surface area contributed by atoms with Crippen molar-refractivity contribution in [2.45, 2.75) is 36.7 Å². The Balaban J connectivity index is 1.15. The Kier molecular flexibility index (Phi) is 10.2. The van der Waals surface area contributed by atoms with Crippen molar-refractivity contribution in [1.29, 1.82) is 0 Å². The number of anilines is 6. The lowest BCUT2D eigenvalue weighted by molar-refractivity contribution is 0.0532. The summed E-state index contributed by atoms with van der Waals surface area (Å²) in [5.41, 5.74) is 5.51. The predicted molar refractivity (Wildman–Crippen MR) is 202 cm³/mol. The maximum Gasteiger partial charge on any atom is 0.229 e. The van der Waals surface area contributed by atoms with Gasteiger partial charge in [0.05, 0.1) is 41.4 Å². The minimum atomic E-state index is -0.956. The molecule has 1 aliphatic carbocycles. The number of likely N-dealkylation sites (N-methyl/N-ethyl adjacent to an activating group) is 1. The van der Waals surface area contributed by atoms with Crippen LogP contribution in [0.15, 0.2) is 59.5 Å². The van der Waals surface area contributed by atoms with Crippen molar-refractivity contribution in [1.82, 2.24) is 29.5 Å². The van der Waals surface area contributed by atoms with Crippen molar-refractivity contribution in [2.24, 2.45) is 7.05 Å². The average molecular weight is 752 g/mol. The number of piperazine rings is 1. The molecular formula is C35H44BrFN10OS. The van der Waals surface area contributed by atoms with Crippen molar-refractivity contribution in [3.05, 3.63) is 59.5 Å². The van der Waals surface area contributed by atoms with Crippen LogP contribution in [0.5, 0.6) is 5.75 Å². The fourth-order valence-corrected chi connectivity index (χ4v) is 7.99. The summed E-state index contributed by atoms with van der Waals surface area (Å²) in [7, 11) is 7.78. The van der Waals surface area contributed by atoms with Gasteiger partial charge in [0.15, 0.2) is 0 Å². The number of nitrogens with one attached hydrogen (secondary N) is 2. The number of piperidine rings is 1. The molecule has 4 aromatic rings. The summed E-state index contributed by atoms with van der Waals surface area (Å²) in [4.78, 5) is 16.2. The molecule has 0 spiro atoms. The molecule has 2 atom stereocenters. The second-order valence-electron chi connectivity index (χ2n) is 13.1. The molecule has 0 amide bonds. The maximum atomic E-state index is 15.9. The molecule has 11 nitrogen and oxygen atoms in total. The number of rotatable bonds is 11. The van der Waals surface area contributed by atoms with Crippen LogP contribution in [0.3, 0.4) is 0 Å². The van der Waals surface area contributed by atoms with Crippen molar-refractivity contribution >= 4 is 62.4 Å². The Morgan fingerprint density at radius 3 is 2.51 bits per heavy atom. The monoisotopic (exact) mass is 750 g/mol. The van der Waals surface area contributed by atoms with Gasteiger partial charge in [-0.3, -0.25) is 9.58 Å². The van der Waals surface area contributed by atoms with Crippen LogP contribution in [0.1, 0.15) is 19.3 Å². The first-order chi connectivity index (χ1) is 23.7. The third-order valence-corrected chi connectivity index (χ3v) is 11.4. The second kappa shape index (κ2) is 14.7. The topological polar surface area (TPSA) is 89.8 Å². The number of benzene rings is 2. The number of methoxy groups -OCH3 is 1. The molecule has 0 radical (unpaired) electrons. The molecule has 4 heterocycles. The Morgan fingerprint density at radius 2 is 1.80 bits per heavy atom. The van der Waals surface area contributed by atoms with Crippen molar-refractivity contribution < 1.29 is 9.13 Å². The quantitative estimate of drug-likeness (QED) is 0.164. The highest BCUT2D eigenvalue weighted by Gasteiger charge is 2.36. The number of para-hydroxylation sites is 2. The van der Waals surface area contributed by atoms with E-state index in [2.05, 4.69) is 81.9 Å². The molecule has 7 rings (SSSR count). The number of halogens is 2. The molecule has 3 fully saturated rings. The van der Waals surface area contributed by atoms with Crippen LogP contribution in [0.25, 0.3) is 11.1 Å². The second-order valence-corrected chi connectivity index (χ2v) is 15.4. The fourth-order valence-electron chi connectivity index (χ4n) is 6.64. The lowest BCUT2D eigenvalue weighted by Crippen LogP contribution is -2.57. The minimum Gasteiger partial charge on any atom is -0.494 e. The van der Waals surface area contributed by atoms with Gasteiger partial charge in [0.2, 0.25) is 5.95 Å². The van der Waals surface area contributed by atoms with Gasteiger partial charge in [0.1, 0.15) is 17.7 Å². The van der Waals surface area contributed by atoms with Crippen LogP contribution < -0.4 is 24.6 Å². The van der Waals surface area contributed by atoms with Gasteiger partial charge >= 0.3 is 0 Å². The number of ether oxygens (including phenoxy) is 1. The molecule has 49 heavy (non-hydrogen) atoms. The molecule has 2 aromatic carbocycles. The largest absolute Gasteiger partial charge is 0.494 e. The van der Waals surface area contributed by atoms with Crippen LogP contribution in [0.2, 0.25) is 0 Å². The predicted octanol–water partition coefficient (Wildman–Crippen LogP) is 6.55. The van der Waals surface area contributed by atoms with E-state index in [1.807, 2.05) is 55.7 Å². The van der Waals surface area contributed by atoms with Gasteiger partial charge in [0.25, 0.3) is 0 Å². The molecule has 2 saturated heterocycles. The molecule has 2 aromatic heterocycles. The standard InChI is InChI=1S/C35H44BrFN10OS/c1-43-13-15-46(16-14-43)30-11-12-47(22-27(30)37)32-18-33(48-4)29(17-25(32)23-19-39-44(2)21-23)41-35-38-20-26(36)34(42-35)40-28-7-5-6-8-31(28)45(3)49-24-9-10-24/h5-8,17-21,24,27,30H,9-16,22H2,1-4H3,(H2,38,40,41,42). The Bertz CT molecular complexity index is 1760. The number of hydrogen-bond donors (Lipinski definition) is 2. The van der Waals surface area contributed by atoms with Crippen LogP contribution in [0, 0.1) is 0 Å². The first kappa shape index (κ1) is 33.9. The Morgan fingerprint density at radius 1 is 1.00 bits per heavy atom. The van der Waals surface area contributed by atoms with E-state index >= 15 is 4.39 Å². The van der Waals surface area contributed by atoms with Crippen LogP contribution in [-0.2, 0) is 7.05 Å². The van der Waals surface area contributed by atoms with Crippen molar-refractivity contribution in [3.63, 3.8) is 0 Å². The molecule has 2 aliphatic heterocycles. The van der Waals surface area contributed by atoms with E-state index in [0.717, 1.165) is 71.8 Å². The van der Waals surface area contributed by atoms with Gasteiger partial charge in [-0.2, -0.15) is 10.1 Å². The van der Waals surface area contributed by atoms with E-state index < -0.39 is 6.17 Å². The highest BCUT2D eigenvalue weighted by Crippen LogP contribution is 2.43. The normalized spacial score (nSPS) is 20.3. The zero-order chi connectivity index (χ0) is 34.1. The van der Waals surface area contributed by atoms with E-state index in [0.29, 0.717) is 35.0 Å². The molecule has 3 aliphatic rings. The third-order valence-electron chi connectivity index (χ3n) is 9.51. The first-order valence-electron chi connectivity index (χ1n) is 16.8. The summed E-state index contributed by atoms with van der Waals surface area (Å²) in [5, 5.41) is 12.1. The van der Waals surface area contributed by atoms with Gasteiger partial charge in [-0.15, -0.1) is 0 Å². The van der Waals surface area contributed by atoms with Crippen LogP contribution >= 0.6 is 27.9 Å². The van der Waals surface area contributed by atoms with Crippen LogP contribution in [-0.4, -0.2) is 107 Å². The zero-order valence-electron chi connectivity index (χ0n) is 28.4. The van der Waals surface area contributed by atoms with Gasteiger partial charge in [-0.1, -0.05) is 12.1 Å². The Labute approximate surface area is 300 Å². The van der Waals surface area contributed by atoms with Crippen molar-refractivity contribution in [3.8, 4) is 16.9 Å². The van der Waals surface area contributed by atoms with E-state index in [9.17, 15) is 0 Å². The highest BCUT2D eigenvalue weighted by molar-refractivity contribution is 9.10. The SMILES string of the molecule is COc1cc(N2CCC(N3CCN(C)CC3)C(F)C2)c(-c2cnn(C)c2)cc1Nc1ncc(Br)c(Nc2ccccc2N(C)SC2CC2)n1. The molecule has 2 unspecified atom stereocenters. The number of aryl methyl sites for hydroxylation is 1. The minimum absolute atomic E-state index is 0.0590. The number of aromatic nitrogens is 4. The third kappa shape index (κ3) is 7.77. The molecule has 1 saturated carbocycles. The van der Waals surface area contributed by atoms with Gasteiger partial charge in [-0.25, -0.2) is 9.37 Å². The van der Waals surface area contributed by atoms with Gasteiger partial charge < -0.3 is 29.5 Å². The zero-order valence-corrected chi connectivity index (χ0v) is 30.8. The first-order valence-corrected chi connectivity index (χ1v) is 18.5. The fraction of sp³-hybridized carbons (Fsp3) is 0.457. The smallest absolute Gasteiger partial charge is 0.229 e. The molecule has 260 valence electrons. The highest BCUT2D eigenvalue weighted by atomic mass is 79.9. The molecule has 2 N–H and O–H groups in total. The summed E-state index contributed by atoms with van der Waals surface area (Å²) in [6.07, 6.45) is 7.88. The molecule has 14 heteroatoms. The summed E-state index contributed by atoms with van der Waals surface area (Å²) < 4.78 is 26.6. The van der Waals surface area contributed by atoms with E-state index in [4.69, 9.17) is 9.72 Å². The average Bonchev–Trinajstić information content (AvgIpc) is 3.82. The lowest BCUT2D eigenvalue weighted by Gasteiger charge is -2.44. The van der Waals surface area contributed by atoms with E-state index in [-0.39, 0.29) is 6.04 Å². The molecule has 0 bridgehead atoms. The number of nitrogens with zero attached hydrogens (tertiary/aromatic N) is 8. The lowest BCUT2D eigenvalue weighted by atomic mass is 9.97. The van der Waals surface area contributed by atoms with Gasteiger partial charge in [-0.05, 0) is 72.4 Å². The molecular weight excluding hydrogens is 707 g/mol. The van der Waals surface area contributed by atoms with Crippen molar-refractivity contribution in [2.75, 3.05) is 80.3 Å². The maximum absolute atomic E-state index is 15.9. The van der Waals surface area contributed by atoms with E-state index in [1.54, 1.807) is 18.0 Å². The number of alkyl halides is 1.